The molecule has 0 heterocycles. The average Bonchev–Trinajstić information content (AvgIpc) is 2.54. The van der Waals surface area contributed by atoms with Gasteiger partial charge in [-0.1, -0.05) is 30.3 Å². The van der Waals surface area contributed by atoms with Crippen LogP contribution < -0.4 is 5.32 Å². The Kier molecular flexibility index (Phi) is 4.76. The van der Waals surface area contributed by atoms with Crippen molar-refractivity contribution in [1.82, 2.24) is 5.32 Å². The van der Waals surface area contributed by atoms with E-state index >= 15 is 0 Å². The Morgan fingerprint density at radius 3 is 2.38 bits per heavy atom. The second-order valence-electron chi connectivity index (χ2n) is 5.92. The number of carbonyl (C=O) groups is 1. The number of nitrogens with one attached hydrogen (secondary N) is 1. The molecule has 2 aromatic carbocycles. The van der Waals surface area contributed by atoms with Gasteiger partial charge in [0.2, 0.25) is 5.91 Å². The van der Waals surface area contributed by atoms with E-state index < -0.39 is 28.0 Å². The SMILES string of the molecule is O=C(C[S@@](=O)c1ccc(F)c(F)c1)NC1(c2ccccc2)CCC1. The molecule has 1 fully saturated rings. The van der Waals surface area contributed by atoms with E-state index in [2.05, 4.69) is 5.32 Å². The van der Waals surface area contributed by atoms with Gasteiger partial charge in [0.25, 0.3) is 0 Å². The Morgan fingerprint density at radius 1 is 1.08 bits per heavy atom. The van der Waals surface area contributed by atoms with Gasteiger partial charge in [-0.2, -0.15) is 0 Å². The van der Waals surface area contributed by atoms with E-state index in [1.54, 1.807) is 0 Å². The van der Waals surface area contributed by atoms with Crippen LogP contribution in [0, 0.1) is 11.6 Å². The standard InChI is InChI=1S/C18H17F2NO2S/c19-15-8-7-14(11-16(15)20)24(23)12-17(22)21-18(9-4-10-18)13-5-2-1-3-6-13/h1-3,5-8,11H,4,9-10,12H2,(H,21,22)/t24-/m1/s1. The van der Waals surface area contributed by atoms with E-state index in [9.17, 15) is 17.8 Å². The van der Waals surface area contributed by atoms with E-state index in [4.69, 9.17) is 0 Å². The monoisotopic (exact) mass is 349 g/mol. The average molecular weight is 349 g/mol. The Labute approximate surface area is 141 Å². The summed E-state index contributed by atoms with van der Waals surface area (Å²) in [6.45, 7) is 0. The lowest BCUT2D eigenvalue weighted by Crippen LogP contribution is -2.51. The Bertz CT molecular complexity index is 776. The summed E-state index contributed by atoms with van der Waals surface area (Å²) < 4.78 is 38.4. The summed E-state index contributed by atoms with van der Waals surface area (Å²) in [6, 6.07) is 12.7. The van der Waals surface area contributed by atoms with Crippen molar-refractivity contribution in [3.63, 3.8) is 0 Å². The minimum absolute atomic E-state index is 0.103. The molecule has 24 heavy (non-hydrogen) atoms. The van der Waals surface area contributed by atoms with Crippen LogP contribution in [0.15, 0.2) is 53.4 Å². The summed E-state index contributed by atoms with van der Waals surface area (Å²) in [5, 5.41) is 2.97. The van der Waals surface area contributed by atoms with Gasteiger partial charge in [-0.3, -0.25) is 9.00 Å². The maximum atomic E-state index is 13.2. The van der Waals surface area contributed by atoms with Crippen LogP contribution >= 0.6 is 0 Å². The lowest BCUT2D eigenvalue weighted by atomic mass is 9.72. The molecule has 0 saturated heterocycles. The van der Waals surface area contributed by atoms with Crippen LogP contribution in [0.4, 0.5) is 8.78 Å². The third-order valence-corrected chi connectivity index (χ3v) is 5.63. The molecule has 1 amide bonds. The summed E-state index contributed by atoms with van der Waals surface area (Å²) in [4.78, 5) is 12.4. The highest BCUT2D eigenvalue weighted by Gasteiger charge is 2.40. The van der Waals surface area contributed by atoms with E-state index in [-0.39, 0.29) is 16.6 Å². The van der Waals surface area contributed by atoms with E-state index in [0.717, 1.165) is 37.0 Å². The molecule has 1 saturated carbocycles. The van der Waals surface area contributed by atoms with Crippen molar-refractivity contribution in [2.24, 2.45) is 0 Å². The van der Waals surface area contributed by atoms with E-state index in [1.807, 2.05) is 30.3 Å². The highest BCUT2D eigenvalue weighted by molar-refractivity contribution is 7.85. The van der Waals surface area contributed by atoms with E-state index in [0.29, 0.717) is 0 Å². The Hall–Kier alpha value is -2.08. The zero-order valence-corrected chi connectivity index (χ0v) is 13.7. The van der Waals surface area contributed by atoms with Gasteiger partial charge in [-0.05, 0) is 43.0 Å². The maximum absolute atomic E-state index is 13.2. The molecule has 3 rings (SSSR count). The van der Waals surface area contributed by atoms with Gasteiger partial charge in [-0.25, -0.2) is 8.78 Å². The minimum atomic E-state index is -1.72. The topological polar surface area (TPSA) is 46.2 Å². The van der Waals surface area contributed by atoms with Crippen molar-refractivity contribution in [2.75, 3.05) is 5.75 Å². The molecule has 0 spiro atoms. The largest absolute Gasteiger partial charge is 0.346 e. The van der Waals surface area contributed by atoms with Crippen LogP contribution in [0.3, 0.4) is 0 Å². The number of amides is 1. The molecule has 6 heteroatoms. The van der Waals surface area contributed by atoms with Gasteiger partial charge in [0.05, 0.1) is 16.3 Å². The van der Waals surface area contributed by atoms with Gasteiger partial charge < -0.3 is 5.32 Å². The molecular formula is C18H17F2NO2S. The molecule has 0 radical (unpaired) electrons. The molecule has 126 valence electrons. The normalized spacial score (nSPS) is 16.9. The summed E-state index contributed by atoms with van der Waals surface area (Å²) in [5.41, 5.74) is 0.625. The first kappa shape index (κ1) is 16.8. The van der Waals surface area contributed by atoms with Gasteiger partial charge >= 0.3 is 0 Å². The zero-order valence-electron chi connectivity index (χ0n) is 12.9. The number of hydrogen-bond acceptors (Lipinski definition) is 2. The molecule has 0 aliphatic heterocycles. The van der Waals surface area contributed by atoms with Crippen molar-refractivity contribution in [2.45, 2.75) is 29.7 Å². The van der Waals surface area contributed by atoms with Crippen molar-refractivity contribution in [1.29, 1.82) is 0 Å². The van der Waals surface area contributed by atoms with Gasteiger partial charge in [-0.15, -0.1) is 0 Å². The van der Waals surface area contributed by atoms with E-state index in [1.165, 1.54) is 6.07 Å². The van der Waals surface area contributed by atoms with Crippen molar-refractivity contribution in [3.05, 3.63) is 65.7 Å². The van der Waals surface area contributed by atoms with Gasteiger partial charge in [0.1, 0.15) is 5.75 Å². The Morgan fingerprint density at radius 2 is 1.79 bits per heavy atom. The number of rotatable bonds is 5. The highest BCUT2D eigenvalue weighted by Crippen LogP contribution is 2.41. The lowest BCUT2D eigenvalue weighted by Gasteiger charge is -2.43. The predicted molar refractivity (Wildman–Crippen MR) is 87.7 cm³/mol. The van der Waals surface area contributed by atoms with Crippen LogP contribution in [-0.2, 0) is 21.1 Å². The van der Waals surface area contributed by atoms with Crippen LogP contribution in [0.5, 0.6) is 0 Å². The third kappa shape index (κ3) is 3.38. The number of hydrogen-bond donors (Lipinski definition) is 1. The summed E-state index contributed by atoms with van der Waals surface area (Å²) in [6.07, 6.45) is 2.68. The first-order chi connectivity index (χ1) is 11.5. The first-order valence-corrected chi connectivity index (χ1v) is 9.02. The summed E-state index contributed by atoms with van der Waals surface area (Å²) in [7, 11) is -1.72. The minimum Gasteiger partial charge on any atom is -0.346 e. The van der Waals surface area contributed by atoms with Crippen molar-refractivity contribution >= 4 is 16.7 Å². The Balaban J connectivity index is 1.68. The molecular weight excluding hydrogens is 332 g/mol. The first-order valence-electron chi connectivity index (χ1n) is 7.70. The molecule has 0 unspecified atom stereocenters. The molecule has 1 aliphatic carbocycles. The van der Waals surface area contributed by atoms with Gasteiger partial charge in [0.15, 0.2) is 11.6 Å². The lowest BCUT2D eigenvalue weighted by molar-refractivity contribution is -0.121. The van der Waals surface area contributed by atoms with Crippen molar-refractivity contribution < 1.29 is 17.8 Å². The highest BCUT2D eigenvalue weighted by atomic mass is 32.2. The van der Waals surface area contributed by atoms with Crippen LogP contribution in [-0.4, -0.2) is 15.9 Å². The third-order valence-electron chi connectivity index (χ3n) is 4.33. The smallest absolute Gasteiger partial charge is 0.233 e. The fraction of sp³-hybridized carbons (Fsp3) is 0.278. The summed E-state index contributed by atoms with van der Waals surface area (Å²) >= 11 is 0. The molecule has 0 aromatic heterocycles. The predicted octanol–water partition coefficient (Wildman–Crippen LogP) is 3.27. The molecule has 3 nitrogen and oxygen atoms in total. The molecule has 0 bridgehead atoms. The zero-order chi connectivity index (χ0) is 17.2. The fourth-order valence-corrected chi connectivity index (χ4v) is 3.83. The number of carbonyl (C=O) groups excluding carboxylic acids is 1. The molecule has 2 aromatic rings. The quantitative estimate of drug-likeness (QED) is 0.901. The number of benzene rings is 2. The molecule has 1 atom stereocenters. The second-order valence-corrected chi connectivity index (χ2v) is 7.37. The molecule has 1 N–H and O–H groups in total. The number of halogens is 2. The van der Waals surface area contributed by atoms with Crippen molar-refractivity contribution in [3.8, 4) is 0 Å². The van der Waals surface area contributed by atoms with Crippen LogP contribution in [0.1, 0.15) is 24.8 Å². The van der Waals surface area contributed by atoms with Crippen LogP contribution in [0.25, 0.3) is 0 Å². The molecule has 1 aliphatic rings. The van der Waals surface area contributed by atoms with Gasteiger partial charge in [0, 0.05) is 4.90 Å². The van der Waals surface area contributed by atoms with Crippen LogP contribution in [0.2, 0.25) is 0 Å². The second kappa shape index (κ2) is 6.81. The fourth-order valence-electron chi connectivity index (χ4n) is 2.90. The maximum Gasteiger partial charge on any atom is 0.233 e. The summed E-state index contributed by atoms with van der Waals surface area (Å²) in [5.74, 6) is -2.71.